The number of benzene rings is 2. The molecule has 2 aromatic rings. The summed E-state index contributed by atoms with van der Waals surface area (Å²) in [7, 11) is 1.25. The molecule has 5 nitrogen and oxygen atoms in total. The average molecular weight is 300 g/mol. The van der Waals surface area contributed by atoms with Crippen molar-refractivity contribution in [2.45, 2.75) is 12.8 Å². The molecule has 0 N–H and O–H groups in total. The predicted octanol–water partition coefficient (Wildman–Crippen LogP) is 2.52. The normalized spacial score (nSPS) is 10.2. The van der Waals surface area contributed by atoms with E-state index in [-0.39, 0.29) is 25.2 Å². The second-order valence-electron chi connectivity index (χ2n) is 4.72. The number of ketones is 1. The Morgan fingerprint density at radius 3 is 2.32 bits per heavy atom. The predicted molar refractivity (Wildman–Crippen MR) is 80.5 cm³/mol. The van der Waals surface area contributed by atoms with E-state index in [9.17, 15) is 14.4 Å². The lowest BCUT2D eigenvalue weighted by Crippen LogP contribution is -2.15. The van der Waals surface area contributed by atoms with Crippen LogP contribution in [0.25, 0.3) is 10.8 Å². The van der Waals surface area contributed by atoms with E-state index in [2.05, 4.69) is 4.74 Å². The van der Waals surface area contributed by atoms with Crippen molar-refractivity contribution in [3.63, 3.8) is 0 Å². The van der Waals surface area contributed by atoms with Crippen LogP contribution in [0.1, 0.15) is 23.2 Å². The number of carbonyl (C=O) groups excluding carboxylic acids is 3. The van der Waals surface area contributed by atoms with Gasteiger partial charge in [-0.25, -0.2) is 0 Å². The Kier molecular flexibility index (Phi) is 5.25. The first-order valence-electron chi connectivity index (χ1n) is 6.84. The number of ether oxygens (including phenoxy) is 2. The van der Waals surface area contributed by atoms with E-state index >= 15 is 0 Å². The van der Waals surface area contributed by atoms with Crippen molar-refractivity contribution in [3.05, 3.63) is 48.0 Å². The van der Waals surface area contributed by atoms with Gasteiger partial charge in [-0.2, -0.15) is 0 Å². The van der Waals surface area contributed by atoms with Crippen LogP contribution < -0.4 is 0 Å². The van der Waals surface area contributed by atoms with Crippen LogP contribution in [0.5, 0.6) is 0 Å². The Bertz CT molecular complexity index is 705. The molecule has 0 amide bonds. The molecule has 114 valence electrons. The summed E-state index contributed by atoms with van der Waals surface area (Å²) in [6.45, 7) is -0.335. The molecule has 0 spiro atoms. The standard InChI is InChI=1S/C17H16O5/c1-21-16(19)8-9-17(20)22-11-15(18)14-7-6-12-4-2-3-5-13(12)10-14/h2-7,10H,8-9,11H2,1H3. The van der Waals surface area contributed by atoms with Gasteiger partial charge >= 0.3 is 11.9 Å². The topological polar surface area (TPSA) is 69.7 Å². The van der Waals surface area contributed by atoms with Crippen molar-refractivity contribution < 1.29 is 23.9 Å². The zero-order valence-electron chi connectivity index (χ0n) is 12.2. The largest absolute Gasteiger partial charge is 0.469 e. The summed E-state index contributed by atoms with van der Waals surface area (Å²) < 4.78 is 9.29. The van der Waals surface area contributed by atoms with Gasteiger partial charge in [-0.1, -0.05) is 36.4 Å². The van der Waals surface area contributed by atoms with Crippen LogP contribution in [-0.2, 0) is 19.1 Å². The molecule has 0 aromatic heterocycles. The molecule has 0 unspecified atom stereocenters. The Balaban J connectivity index is 1.91. The molecular formula is C17H16O5. The fraction of sp³-hybridized carbons (Fsp3) is 0.235. The summed E-state index contributed by atoms with van der Waals surface area (Å²) in [5.74, 6) is -1.37. The quantitative estimate of drug-likeness (QED) is 0.605. The molecule has 0 aliphatic carbocycles. The maximum Gasteiger partial charge on any atom is 0.306 e. The summed E-state index contributed by atoms with van der Waals surface area (Å²) in [5, 5.41) is 1.99. The Labute approximate surface area is 127 Å². The SMILES string of the molecule is COC(=O)CCC(=O)OCC(=O)c1ccc2ccccc2c1. The lowest BCUT2D eigenvalue weighted by atomic mass is 10.0. The highest BCUT2D eigenvalue weighted by atomic mass is 16.5. The summed E-state index contributed by atoms with van der Waals surface area (Å²) in [6, 6.07) is 13.0. The maximum atomic E-state index is 12.0. The van der Waals surface area contributed by atoms with E-state index in [0.717, 1.165) is 10.8 Å². The second-order valence-corrected chi connectivity index (χ2v) is 4.72. The first-order valence-corrected chi connectivity index (χ1v) is 6.84. The molecule has 0 saturated carbocycles. The van der Waals surface area contributed by atoms with E-state index in [1.54, 1.807) is 12.1 Å². The zero-order chi connectivity index (χ0) is 15.9. The number of Topliss-reactive ketones (excluding diaryl/α,β-unsaturated/α-hetero) is 1. The Hall–Kier alpha value is -2.69. The fourth-order valence-corrected chi connectivity index (χ4v) is 1.97. The molecule has 2 aromatic carbocycles. The smallest absolute Gasteiger partial charge is 0.306 e. The lowest BCUT2D eigenvalue weighted by Gasteiger charge is -2.05. The van der Waals surface area contributed by atoms with Crippen molar-refractivity contribution in [1.82, 2.24) is 0 Å². The van der Waals surface area contributed by atoms with Crippen LogP contribution in [-0.4, -0.2) is 31.4 Å². The zero-order valence-corrected chi connectivity index (χ0v) is 12.2. The first kappa shape index (κ1) is 15.7. The van der Waals surface area contributed by atoms with Gasteiger partial charge in [0, 0.05) is 5.56 Å². The van der Waals surface area contributed by atoms with E-state index < -0.39 is 11.9 Å². The maximum absolute atomic E-state index is 12.0. The average Bonchev–Trinajstić information content (AvgIpc) is 2.56. The van der Waals surface area contributed by atoms with E-state index in [4.69, 9.17) is 4.74 Å². The Morgan fingerprint density at radius 2 is 1.59 bits per heavy atom. The minimum atomic E-state index is -0.598. The molecule has 0 aliphatic heterocycles. The molecule has 0 bridgehead atoms. The fourth-order valence-electron chi connectivity index (χ4n) is 1.97. The van der Waals surface area contributed by atoms with E-state index in [1.165, 1.54) is 7.11 Å². The minimum absolute atomic E-state index is 0.0561. The van der Waals surface area contributed by atoms with Crippen molar-refractivity contribution in [2.24, 2.45) is 0 Å². The summed E-state index contributed by atoms with van der Waals surface area (Å²) in [6.07, 6.45) is -0.156. The second kappa shape index (κ2) is 7.36. The van der Waals surface area contributed by atoms with Gasteiger partial charge in [-0.15, -0.1) is 0 Å². The Morgan fingerprint density at radius 1 is 0.909 bits per heavy atom. The van der Waals surface area contributed by atoms with E-state index in [1.807, 2.05) is 30.3 Å². The highest BCUT2D eigenvalue weighted by molar-refractivity contribution is 6.01. The molecule has 5 heteroatoms. The third kappa shape index (κ3) is 4.15. The van der Waals surface area contributed by atoms with Crippen LogP contribution >= 0.6 is 0 Å². The van der Waals surface area contributed by atoms with Crippen molar-refractivity contribution in [2.75, 3.05) is 13.7 Å². The van der Waals surface area contributed by atoms with Gasteiger partial charge in [-0.05, 0) is 16.8 Å². The molecule has 22 heavy (non-hydrogen) atoms. The number of esters is 2. The number of carbonyl (C=O) groups is 3. The first-order chi connectivity index (χ1) is 10.6. The van der Waals surface area contributed by atoms with Gasteiger partial charge in [0.1, 0.15) is 0 Å². The molecule has 0 atom stereocenters. The molecule has 0 fully saturated rings. The van der Waals surface area contributed by atoms with Crippen molar-refractivity contribution in [3.8, 4) is 0 Å². The van der Waals surface area contributed by atoms with Gasteiger partial charge in [0.25, 0.3) is 0 Å². The third-order valence-electron chi connectivity index (χ3n) is 3.20. The number of hydrogen-bond donors (Lipinski definition) is 0. The highest BCUT2D eigenvalue weighted by Gasteiger charge is 2.12. The molecule has 0 saturated heterocycles. The van der Waals surface area contributed by atoms with Crippen LogP contribution in [0.4, 0.5) is 0 Å². The molecule has 2 rings (SSSR count). The number of fused-ring (bicyclic) bond motifs is 1. The van der Waals surface area contributed by atoms with Gasteiger partial charge < -0.3 is 9.47 Å². The summed E-state index contributed by atoms with van der Waals surface area (Å²) in [4.78, 5) is 34.4. The molecule has 0 aliphatic rings. The molecular weight excluding hydrogens is 284 g/mol. The summed E-state index contributed by atoms with van der Waals surface area (Å²) in [5.41, 5.74) is 0.486. The number of methoxy groups -OCH3 is 1. The van der Waals surface area contributed by atoms with Gasteiger partial charge in [0.15, 0.2) is 12.4 Å². The van der Waals surface area contributed by atoms with Crippen molar-refractivity contribution in [1.29, 1.82) is 0 Å². The van der Waals surface area contributed by atoms with Crippen LogP contribution in [0.15, 0.2) is 42.5 Å². The monoisotopic (exact) mass is 300 g/mol. The van der Waals surface area contributed by atoms with Crippen LogP contribution in [0.2, 0.25) is 0 Å². The van der Waals surface area contributed by atoms with Crippen LogP contribution in [0.3, 0.4) is 0 Å². The third-order valence-corrected chi connectivity index (χ3v) is 3.20. The van der Waals surface area contributed by atoms with E-state index in [0.29, 0.717) is 5.56 Å². The molecule has 0 heterocycles. The van der Waals surface area contributed by atoms with Gasteiger partial charge in [0.2, 0.25) is 0 Å². The van der Waals surface area contributed by atoms with Crippen LogP contribution in [0, 0.1) is 0 Å². The number of hydrogen-bond acceptors (Lipinski definition) is 5. The number of rotatable bonds is 6. The van der Waals surface area contributed by atoms with Gasteiger partial charge in [0.05, 0.1) is 20.0 Å². The molecule has 0 radical (unpaired) electrons. The van der Waals surface area contributed by atoms with Crippen molar-refractivity contribution >= 4 is 28.5 Å². The van der Waals surface area contributed by atoms with Gasteiger partial charge in [-0.3, -0.25) is 14.4 Å². The highest BCUT2D eigenvalue weighted by Crippen LogP contribution is 2.16. The minimum Gasteiger partial charge on any atom is -0.469 e. The lowest BCUT2D eigenvalue weighted by molar-refractivity contribution is -0.148. The summed E-state index contributed by atoms with van der Waals surface area (Å²) >= 11 is 0.